The highest BCUT2D eigenvalue weighted by atomic mass is 16.2. The fourth-order valence-electron chi connectivity index (χ4n) is 1.67. The minimum absolute atomic E-state index is 0.0595. The Morgan fingerprint density at radius 3 is 2.94 bits per heavy atom. The molecule has 94 valence electrons. The lowest BCUT2D eigenvalue weighted by Gasteiger charge is -2.10. The molecule has 1 aliphatic rings. The average Bonchev–Trinajstić information content (AvgIpc) is 3.12. The molecule has 0 radical (unpaired) electrons. The van der Waals surface area contributed by atoms with Crippen molar-refractivity contribution < 1.29 is 9.90 Å². The first kappa shape index (κ1) is 12.7. The lowest BCUT2D eigenvalue weighted by Crippen LogP contribution is -2.28. The summed E-state index contributed by atoms with van der Waals surface area (Å²) in [5.41, 5.74) is 1.67. The summed E-state index contributed by atoms with van der Waals surface area (Å²) in [7, 11) is 0. The molecule has 1 saturated carbocycles. The van der Waals surface area contributed by atoms with E-state index in [0.717, 1.165) is 12.1 Å². The summed E-state index contributed by atoms with van der Waals surface area (Å²) in [5, 5.41) is 11.6. The Hall–Kier alpha value is -1.79. The number of aliphatic hydroxyl groups is 1. The van der Waals surface area contributed by atoms with Crippen molar-refractivity contribution in [3.05, 3.63) is 35.4 Å². The topological polar surface area (TPSA) is 49.3 Å². The Morgan fingerprint density at radius 1 is 1.50 bits per heavy atom. The van der Waals surface area contributed by atoms with E-state index in [1.165, 1.54) is 12.8 Å². The van der Waals surface area contributed by atoms with Crippen LogP contribution in [-0.4, -0.2) is 24.2 Å². The van der Waals surface area contributed by atoms with E-state index in [0.29, 0.717) is 11.0 Å². The zero-order chi connectivity index (χ0) is 13.0. The van der Waals surface area contributed by atoms with Gasteiger partial charge >= 0.3 is 0 Å². The van der Waals surface area contributed by atoms with E-state index >= 15 is 0 Å². The van der Waals surface area contributed by atoms with Crippen LogP contribution in [0.1, 0.15) is 35.7 Å². The zero-order valence-corrected chi connectivity index (χ0v) is 10.5. The summed E-state index contributed by atoms with van der Waals surface area (Å²) in [5.74, 6) is 5.31. The second kappa shape index (κ2) is 5.24. The third-order valence-electron chi connectivity index (χ3n) is 3.22. The van der Waals surface area contributed by atoms with Gasteiger partial charge in [-0.3, -0.25) is 4.79 Å². The number of carbonyl (C=O) groups excluding carboxylic acids is 1. The van der Waals surface area contributed by atoms with Gasteiger partial charge in [0.15, 0.2) is 0 Å². The molecule has 0 spiro atoms. The lowest BCUT2D eigenvalue weighted by atomic mass is 10.1. The minimum atomic E-state index is -0.172. The van der Waals surface area contributed by atoms with Gasteiger partial charge < -0.3 is 10.4 Å². The molecule has 0 saturated heterocycles. The van der Waals surface area contributed by atoms with Gasteiger partial charge in [0, 0.05) is 17.7 Å². The third kappa shape index (κ3) is 3.35. The number of hydrogen-bond acceptors (Lipinski definition) is 2. The number of hydrogen-bond donors (Lipinski definition) is 2. The normalized spacial score (nSPS) is 15.4. The van der Waals surface area contributed by atoms with Crippen LogP contribution in [0.5, 0.6) is 0 Å². The van der Waals surface area contributed by atoms with Crippen molar-refractivity contribution in [3.63, 3.8) is 0 Å². The molecule has 1 aromatic carbocycles. The zero-order valence-electron chi connectivity index (χ0n) is 10.5. The number of aliphatic hydroxyl groups excluding tert-OH is 1. The van der Waals surface area contributed by atoms with Crippen molar-refractivity contribution in [1.82, 2.24) is 5.32 Å². The van der Waals surface area contributed by atoms with Crippen molar-refractivity contribution in [2.45, 2.75) is 19.8 Å². The Bertz CT molecular complexity index is 507. The lowest BCUT2D eigenvalue weighted by molar-refractivity contribution is 0.0946. The van der Waals surface area contributed by atoms with Crippen molar-refractivity contribution >= 4 is 5.91 Å². The number of rotatable bonds is 3. The Labute approximate surface area is 107 Å². The molecule has 0 aromatic heterocycles. The van der Waals surface area contributed by atoms with Gasteiger partial charge in [0.25, 0.3) is 5.91 Å². The molecule has 1 amide bonds. The minimum Gasteiger partial charge on any atom is -0.384 e. The summed E-state index contributed by atoms with van der Waals surface area (Å²) in [4.78, 5) is 11.9. The van der Waals surface area contributed by atoms with E-state index < -0.39 is 0 Å². The van der Waals surface area contributed by atoms with Crippen LogP contribution in [0.2, 0.25) is 0 Å². The number of benzene rings is 1. The van der Waals surface area contributed by atoms with E-state index in [2.05, 4.69) is 24.1 Å². The van der Waals surface area contributed by atoms with Crippen LogP contribution in [0.25, 0.3) is 0 Å². The Kier molecular flexibility index (Phi) is 3.69. The third-order valence-corrected chi connectivity index (χ3v) is 3.22. The maximum atomic E-state index is 11.9. The predicted molar refractivity (Wildman–Crippen MR) is 70.1 cm³/mol. The van der Waals surface area contributed by atoms with E-state index in [-0.39, 0.29) is 12.5 Å². The van der Waals surface area contributed by atoms with Gasteiger partial charge in [-0.05, 0) is 36.5 Å². The SMILES string of the molecule is CC1(CNC(=O)c2cccc(C#CCO)c2)CC1. The summed E-state index contributed by atoms with van der Waals surface area (Å²) in [6.45, 7) is 2.74. The first-order valence-corrected chi connectivity index (χ1v) is 6.11. The van der Waals surface area contributed by atoms with Crippen LogP contribution in [-0.2, 0) is 0 Å². The van der Waals surface area contributed by atoms with Crippen LogP contribution in [0.3, 0.4) is 0 Å². The van der Waals surface area contributed by atoms with E-state index in [9.17, 15) is 4.79 Å². The van der Waals surface area contributed by atoms with Crippen LogP contribution in [0.15, 0.2) is 24.3 Å². The molecule has 3 nitrogen and oxygen atoms in total. The molecule has 1 aliphatic carbocycles. The van der Waals surface area contributed by atoms with Gasteiger partial charge in [-0.25, -0.2) is 0 Å². The molecule has 1 aromatic rings. The fraction of sp³-hybridized carbons (Fsp3) is 0.400. The maximum Gasteiger partial charge on any atom is 0.251 e. The van der Waals surface area contributed by atoms with E-state index in [4.69, 9.17) is 5.11 Å². The molecule has 18 heavy (non-hydrogen) atoms. The highest BCUT2D eigenvalue weighted by Gasteiger charge is 2.37. The van der Waals surface area contributed by atoms with Gasteiger partial charge in [-0.2, -0.15) is 0 Å². The van der Waals surface area contributed by atoms with Crippen LogP contribution in [0.4, 0.5) is 0 Å². The molecule has 1 fully saturated rings. The number of amides is 1. The summed E-state index contributed by atoms with van der Waals surface area (Å²) in [6, 6.07) is 7.14. The first-order chi connectivity index (χ1) is 8.63. The molecule has 2 rings (SSSR count). The van der Waals surface area contributed by atoms with E-state index in [1.54, 1.807) is 18.2 Å². The molecule has 0 unspecified atom stereocenters. The molecular formula is C15H17NO2. The van der Waals surface area contributed by atoms with Gasteiger partial charge in [-0.1, -0.05) is 24.8 Å². The molecule has 0 heterocycles. The largest absolute Gasteiger partial charge is 0.384 e. The van der Waals surface area contributed by atoms with Crippen molar-refractivity contribution in [3.8, 4) is 11.8 Å². The van der Waals surface area contributed by atoms with E-state index in [1.807, 2.05) is 6.07 Å². The maximum absolute atomic E-state index is 11.9. The number of carbonyl (C=O) groups is 1. The van der Waals surface area contributed by atoms with Crippen molar-refractivity contribution in [2.24, 2.45) is 5.41 Å². The molecule has 3 heteroatoms. The van der Waals surface area contributed by atoms with Crippen LogP contribution < -0.4 is 5.32 Å². The van der Waals surface area contributed by atoms with Crippen LogP contribution in [0, 0.1) is 17.3 Å². The van der Waals surface area contributed by atoms with Crippen LogP contribution >= 0.6 is 0 Å². The second-order valence-electron chi connectivity index (χ2n) is 5.03. The summed E-state index contributed by atoms with van der Waals surface area (Å²) < 4.78 is 0. The van der Waals surface area contributed by atoms with Crippen molar-refractivity contribution in [2.75, 3.05) is 13.2 Å². The predicted octanol–water partition coefficient (Wildman–Crippen LogP) is 1.56. The van der Waals surface area contributed by atoms with Gasteiger partial charge in [0.05, 0.1) is 0 Å². The molecule has 0 atom stereocenters. The standard InChI is InChI=1S/C15H17NO2/c1-15(7-8-15)11-16-14(18)13-6-2-4-12(10-13)5-3-9-17/h2,4,6,10,17H,7-9,11H2,1H3,(H,16,18). The summed E-state index contributed by atoms with van der Waals surface area (Å²) in [6.07, 6.45) is 2.38. The highest BCUT2D eigenvalue weighted by molar-refractivity contribution is 5.94. The smallest absolute Gasteiger partial charge is 0.251 e. The molecule has 2 N–H and O–H groups in total. The Balaban J connectivity index is 2.00. The van der Waals surface area contributed by atoms with Gasteiger partial charge in [0.1, 0.15) is 6.61 Å². The molecule has 0 bridgehead atoms. The number of nitrogens with one attached hydrogen (secondary N) is 1. The highest BCUT2D eigenvalue weighted by Crippen LogP contribution is 2.44. The van der Waals surface area contributed by atoms with Gasteiger partial charge in [0.2, 0.25) is 0 Å². The average molecular weight is 243 g/mol. The molecular weight excluding hydrogens is 226 g/mol. The quantitative estimate of drug-likeness (QED) is 0.792. The first-order valence-electron chi connectivity index (χ1n) is 6.11. The Morgan fingerprint density at radius 2 is 2.28 bits per heavy atom. The summed E-state index contributed by atoms with van der Waals surface area (Å²) >= 11 is 0. The fourth-order valence-corrected chi connectivity index (χ4v) is 1.67. The van der Waals surface area contributed by atoms with Crippen molar-refractivity contribution in [1.29, 1.82) is 0 Å². The van der Waals surface area contributed by atoms with Gasteiger partial charge in [-0.15, -0.1) is 0 Å². The second-order valence-corrected chi connectivity index (χ2v) is 5.03. The monoisotopic (exact) mass is 243 g/mol. The molecule has 0 aliphatic heterocycles.